The van der Waals surface area contributed by atoms with E-state index in [-0.39, 0.29) is 17.5 Å². The summed E-state index contributed by atoms with van der Waals surface area (Å²) < 4.78 is 6.32. The number of rotatable bonds is 8. The summed E-state index contributed by atoms with van der Waals surface area (Å²) in [5, 5.41) is 0. The Labute approximate surface area is 248 Å². The molecule has 0 spiro atoms. The fourth-order valence-electron chi connectivity index (χ4n) is 12.8. The molecule has 0 saturated heterocycles. The van der Waals surface area contributed by atoms with Gasteiger partial charge in [0.05, 0.1) is 0 Å². The number of carbonyl (C=O) groups is 1. The van der Waals surface area contributed by atoms with Crippen LogP contribution in [0.1, 0.15) is 158 Å². The van der Waals surface area contributed by atoms with Crippen LogP contribution in [0, 0.1) is 56.7 Å². The van der Waals surface area contributed by atoms with Gasteiger partial charge in [-0.05, 0) is 129 Å². The number of allylic oxidation sites excluding steroid dienone is 1. The molecule has 0 aromatic carbocycles. The van der Waals surface area contributed by atoms with Crippen molar-refractivity contribution in [2.75, 3.05) is 0 Å². The topological polar surface area (TPSA) is 26.3 Å². The highest BCUT2D eigenvalue weighted by Crippen LogP contribution is 2.77. The Hall–Kier alpha value is -0.790. The molecule has 5 aliphatic rings. The normalized spacial score (nSPS) is 47.4. The molecule has 40 heavy (non-hydrogen) atoms. The Kier molecular flexibility index (Phi) is 8.23. The SMILES string of the molecule is C=C(C)[C@@H]1CC[C@]2(C)CC[C@]3(C)[C@H](CC[C@@H]4[C@@]5(C)CC[C@H](OC(=O)CCCCCCC)C(C)(C)[C@@H]5CC[C@]43C)[C@@H]12. The minimum atomic E-state index is 0.0472. The van der Waals surface area contributed by atoms with Gasteiger partial charge in [0.1, 0.15) is 6.10 Å². The Morgan fingerprint density at radius 1 is 0.775 bits per heavy atom. The molecular formula is C38H64O2. The van der Waals surface area contributed by atoms with Gasteiger partial charge in [-0.2, -0.15) is 0 Å². The van der Waals surface area contributed by atoms with Crippen molar-refractivity contribution in [2.24, 2.45) is 56.7 Å². The minimum Gasteiger partial charge on any atom is -0.462 e. The summed E-state index contributed by atoms with van der Waals surface area (Å²) in [4.78, 5) is 12.9. The van der Waals surface area contributed by atoms with Crippen molar-refractivity contribution in [1.82, 2.24) is 0 Å². The lowest BCUT2D eigenvalue weighted by Crippen LogP contribution is -2.66. The molecule has 0 amide bonds. The zero-order valence-corrected chi connectivity index (χ0v) is 27.8. The highest BCUT2D eigenvalue weighted by Gasteiger charge is 2.70. The van der Waals surface area contributed by atoms with Crippen LogP contribution in [0.2, 0.25) is 0 Å². The average molecular weight is 553 g/mol. The molecule has 228 valence electrons. The number of carbonyl (C=O) groups excluding carboxylic acids is 1. The van der Waals surface area contributed by atoms with Gasteiger partial charge in [0, 0.05) is 11.8 Å². The van der Waals surface area contributed by atoms with Gasteiger partial charge >= 0.3 is 5.97 Å². The molecule has 5 saturated carbocycles. The maximum atomic E-state index is 12.9. The van der Waals surface area contributed by atoms with Crippen molar-refractivity contribution in [3.05, 3.63) is 12.2 Å². The molecular weight excluding hydrogens is 488 g/mol. The largest absolute Gasteiger partial charge is 0.462 e. The van der Waals surface area contributed by atoms with Crippen LogP contribution < -0.4 is 0 Å². The molecule has 0 heterocycles. The highest BCUT2D eigenvalue weighted by molar-refractivity contribution is 5.69. The Balaban J connectivity index is 1.34. The van der Waals surface area contributed by atoms with Gasteiger partial charge in [0.15, 0.2) is 0 Å². The molecule has 0 bridgehead atoms. The van der Waals surface area contributed by atoms with Gasteiger partial charge in [-0.25, -0.2) is 0 Å². The number of hydrogen-bond donors (Lipinski definition) is 0. The lowest BCUT2D eigenvalue weighted by atomic mass is 9.32. The van der Waals surface area contributed by atoms with E-state index in [2.05, 4.69) is 62.0 Å². The van der Waals surface area contributed by atoms with Crippen LogP contribution in [0.5, 0.6) is 0 Å². The first kappa shape index (κ1) is 30.7. The first-order valence-electron chi connectivity index (χ1n) is 17.6. The fourth-order valence-corrected chi connectivity index (χ4v) is 12.8. The van der Waals surface area contributed by atoms with Gasteiger partial charge in [0.2, 0.25) is 0 Å². The molecule has 5 aliphatic carbocycles. The van der Waals surface area contributed by atoms with Crippen molar-refractivity contribution >= 4 is 5.97 Å². The maximum absolute atomic E-state index is 12.9. The van der Waals surface area contributed by atoms with Crippen LogP contribution in [-0.2, 0) is 9.53 Å². The predicted octanol–water partition coefficient (Wildman–Crippen LogP) is 10.9. The number of hydrogen-bond acceptors (Lipinski definition) is 2. The third-order valence-electron chi connectivity index (χ3n) is 15.2. The molecule has 5 fully saturated rings. The molecule has 5 rings (SSSR count). The third-order valence-corrected chi connectivity index (χ3v) is 15.2. The molecule has 0 aromatic heterocycles. The molecule has 2 heteroatoms. The van der Waals surface area contributed by atoms with Gasteiger partial charge in [0.25, 0.3) is 0 Å². The maximum Gasteiger partial charge on any atom is 0.306 e. The second-order valence-electron chi connectivity index (χ2n) is 17.3. The standard InChI is InChI=1S/C38H64O2/c1-10-11-12-13-14-15-32(39)40-31-20-22-36(7)29(34(31,4)5)19-23-38(9)30(36)17-16-28-33-27(26(2)3)18-21-35(33,6)24-25-37(28,38)8/h27-31,33H,2,10-25H2,1,3-9H3/t27-,28+,29-,30+,31-,33+,35+,36-,37+,38+/m0/s1. The lowest BCUT2D eigenvalue weighted by Gasteiger charge is -2.73. The summed E-state index contributed by atoms with van der Waals surface area (Å²) in [6.07, 6.45) is 20.0. The molecule has 0 aliphatic heterocycles. The quantitative estimate of drug-likeness (QED) is 0.170. The third kappa shape index (κ3) is 4.58. The van der Waals surface area contributed by atoms with E-state index in [1.54, 1.807) is 0 Å². The predicted molar refractivity (Wildman–Crippen MR) is 168 cm³/mol. The highest BCUT2D eigenvalue weighted by atomic mass is 16.5. The summed E-state index contributed by atoms with van der Waals surface area (Å²) in [6.45, 7) is 24.8. The summed E-state index contributed by atoms with van der Waals surface area (Å²) in [5.74, 6) is 3.89. The number of esters is 1. The van der Waals surface area contributed by atoms with E-state index < -0.39 is 0 Å². The zero-order chi connectivity index (χ0) is 29.1. The fraction of sp³-hybridized carbons (Fsp3) is 0.921. The van der Waals surface area contributed by atoms with Gasteiger partial charge in [-0.3, -0.25) is 4.79 Å². The second-order valence-corrected chi connectivity index (χ2v) is 17.3. The number of fused-ring (bicyclic) bond motifs is 7. The van der Waals surface area contributed by atoms with Gasteiger partial charge in [-0.15, -0.1) is 0 Å². The van der Waals surface area contributed by atoms with Crippen molar-refractivity contribution in [3.8, 4) is 0 Å². The van der Waals surface area contributed by atoms with Crippen LogP contribution in [0.3, 0.4) is 0 Å². The second kappa shape index (κ2) is 10.7. The van der Waals surface area contributed by atoms with Crippen LogP contribution in [-0.4, -0.2) is 12.1 Å². The van der Waals surface area contributed by atoms with Crippen molar-refractivity contribution in [2.45, 2.75) is 164 Å². The minimum absolute atomic E-state index is 0.0472. The van der Waals surface area contributed by atoms with E-state index in [1.807, 2.05) is 0 Å². The lowest BCUT2D eigenvalue weighted by molar-refractivity contribution is -0.249. The summed E-state index contributed by atoms with van der Waals surface area (Å²) in [5.41, 5.74) is 3.21. The van der Waals surface area contributed by atoms with Crippen LogP contribution in [0.25, 0.3) is 0 Å². The van der Waals surface area contributed by atoms with E-state index in [1.165, 1.54) is 82.6 Å². The zero-order valence-electron chi connectivity index (χ0n) is 27.8. The molecule has 10 atom stereocenters. The van der Waals surface area contributed by atoms with Crippen LogP contribution in [0.15, 0.2) is 12.2 Å². The molecule has 0 radical (unpaired) electrons. The first-order chi connectivity index (χ1) is 18.7. The monoisotopic (exact) mass is 552 g/mol. The summed E-state index contributed by atoms with van der Waals surface area (Å²) in [6, 6.07) is 0. The first-order valence-corrected chi connectivity index (χ1v) is 17.6. The molecule has 0 aromatic rings. The van der Waals surface area contributed by atoms with Crippen LogP contribution >= 0.6 is 0 Å². The van der Waals surface area contributed by atoms with Crippen molar-refractivity contribution in [1.29, 1.82) is 0 Å². The van der Waals surface area contributed by atoms with Crippen LogP contribution in [0.4, 0.5) is 0 Å². The van der Waals surface area contributed by atoms with E-state index in [0.29, 0.717) is 34.0 Å². The Morgan fingerprint density at radius 3 is 2.20 bits per heavy atom. The van der Waals surface area contributed by atoms with Crippen molar-refractivity contribution < 1.29 is 9.53 Å². The van der Waals surface area contributed by atoms with E-state index in [4.69, 9.17) is 4.74 Å². The summed E-state index contributed by atoms with van der Waals surface area (Å²) in [7, 11) is 0. The van der Waals surface area contributed by atoms with Crippen molar-refractivity contribution in [3.63, 3.8) is 0 Å². The van der Waals surface area contributed by atoms with E-state index >= 15 is 0 Å². The molecule has 0 N–H and O–H groups in total. The summed E-state index contributed by atoms with van der Waals surface area (Å²) >= 11 is 0. The number of ether oxygens (including phenoxy) is 1. The van der Waals surface area contributed by atoms with E-state index in [9.17, 15) is 4.79 Å². The van der Waals surface area contributed by atoms with Gasteiger partial charge < -0.3 is 4.74 Å². The molecule has 0 unspecified atom stereocenters. The average Bonchev–Trinajstić information content (AvgIpc) is 3.24. The van der Waals surface area contributed by atoms with E-state index in [0.717, 1.165) is 42.9 Å². The Morgan fingerprint density at radius 2 is 1.50 bits per heavy atom. The molecule has 2 nitrogen and oxygen atoms in total. The number of unbranched alkanes of at least 4 members (excludes halogenated alkanes) is 4. The Bertz CT molecular complexity index is 965. The smallest absolute Gasteiger partial charge is 0.306 e. The van der Waals surface area contributed by atoms with Gasteiger partial charge in [-0.1, -0.05) is 86.3 Å².